The molecule has 23 heavy (non-hydrogen) atoms. The molecule has 1 aliphatic heterocycles. The maximum absolute atomic E-state index is 12.2. The van der Waals surface area contributed by atoms with E-state index in [1.165, 1.54) is 5.56 Å². The molecule has 2 rings (SSSR count). The third kappa shape index (κ3) is 5.05. The monoisotopic (exact) mass is 317 g/mol. The van der Waals surface area contributed by atoms with Gasteiger partial charge < -0.3 is 11.1 Å². The lowest BCUT2D eigenvalue weighted by atomic mass is 9.97. The first-order chi connectivity index (χ1) is 11.0. The topological polar surface area (TPSA) is 58.4 Å². The summed E-state index contributed by atoms with van der Waals surface area (Å²) in [7, 11) is 0. The Labute approximate surface area is 140 Å². The molecule has 1 amide bonds. The highest BCUT2D eigenvalue weighted by Crippen LogP contribution is 2.22. The van der Waals surface area contributed by atoms with Crippen molar-refractivity contribution < 1.29 is 4.79 Å². The number of hydrogen-bond acceptors (Lipinski definition) is 3. The van der Waals surface area contributed by atoms with Crippen molar-refractivity contribution in [2.75, 3.05) is 13.1 Å². The normalized spacial score (nSPS) is 22.5. The molecule has 3 N–H and O–H groups in total. The van der Waals surface area contributed by atoms with Crippen molar-refractivity contribution >= 4 is 5.91 Å². The summed E-state index contributed by atoms with van der Waals surface area (Å²) >= 11 is 0. The maximum Gasteiger partial charge on any atom is 0.237 e. The molecule has 0 saturated carbocycles. The van der Waals surface area contributed by atoms with Crippen molar-refractivity contribution in [1.29, 1.82) is 0 Å². The van der Waals surface area contributed by atoms with Crippen LogP contribution in [0.5, 0.6) is 0 Å². The Morgan fingerprint density at radius 3 is 2.70 bits per heavy atom. The van der Waals surface area contributed by atoms with Gasteiger partial charge in [-0.25, -0.2) is 0 Å². The lowest BCUT2D eigenvalue weighted by Crippen LogP contribution is -2.49. The van der Waals surface area contributed by atoms with Crippen molar-refractivity contribution in [2.45, 2.75) is 52.2 Å². The largest absolute Gasteiger partial charge is 0.352 e. The quantitative estimate of drug-likeness (QED) is 0.812. The number of carbonyl (C=O) groups is 1. The van der Waals surface area contributed by atoms with E-state index in [0.29, 0.717) is 5.92 Å². The number of benzene rings is 1. The second kappa shape index (κ2) is 8.46. The molecule has 1 aromatic rings. The van der Waals surface area contributed by atoms with E-state index >= 15 is 0 Å². The first-order valence-electron chi connectivity index (χ1n) is 8.83. The van der Waals surface area contributed by atoms with E-state index in [9.17, 15) is 4.79 Å². The molecule has 1 saturated heterocycles. The first-order valence-corrected chi connectivity index (χ1v) is 8.83. The van der Waals surface area contributed by atoms with Crippen molar-refractivity contribution in [3.8, 4) is 0 Å². The molecular formula is C19H31N3O. The second-order valence-corrected chi connectivity index (χ2v) is 6.98. The minimum Gasteiger partial charge on any atom is -0.352 e. The fraction of sp³-hybridized carbons (Fsp3) is 0.632. The first kappa shape index (κ1) is 18.0. The van der Waals surface area contributed by atoms with Crippen LogP contribution in [0.25, 0.3) is 0 Å². The predicted octanol–water partition coefficient (Wildman–Crippen LogP) is 2.39. The molecule has 1 heterocycles. The highest BCUT2D eigenvalue weighted by molar-refractivity contribution is 5.82. The van der Waals surface area contributed by atoms with Crippen LogP contribution >= 0.6 is 0 Å². The molecule has 1 aliphatic rings. The third-order valence-corrected chi connectivity index (χ3v) is 5.19. The molecule has 128 valence electrons. The van der Waals surface area contributed by atoms with Crippen LogP contribution in [-0.4, -0.2) is 36.0 Å². The Balaban J connectivity index is 1.80. The van der Waals surface area contributed by atoms with Crippen LogP contribution < -0.4 is 11.1 Å². The summed E-state index contributed by atoms with van der Waals surface area (Å²) in [5.74, 6) is 0.723. The summed E-state index contributed by atoms with van der Waals surface area (Å²) in [5, 5.41) is 3.13. The zero-order valence-electron chi connectivity index (χ0n) is 14.7. The SMILES string of the molecule is CCC(C)C(N)C(=O)NC(C)C1CCN(Cc2ccccc2)C1. The van der Waals surface area contributed by atoms with Gasteiger partial charge in [0.15, 0.2) is 0 Å². The van der Waals surface area contributed by atoms with Gasteiger partial charge in [0.2, 0.25) is 5.91 Å². The van der Waals surface area contributed by atoms with Crippen molar-refractivity contribution in [3.05, 3.63) is 35.9 Å². The lowest BCUT2D eigenvalue weighted by Gasteiger charge is -2.25. The van der Waals surface area contributed by atoms with E-state index in [0.717, 1.165) is 32.5 Å². The molecule has 4 atom stereocenters. The zero-order chi connectivity index (χ0) is 16.8. The molecule has 1 aromatic carbocycles. The Bertz CT molecular complexity index is 491. The Kier molecular flexibility index (Phi) is 6.60. The van der Waals surface area contributed by atoms with Gasteiger partial charge in [-0.3, -0.25) is 9.69 Å². The number of likely N-dealkylation sites (tertiary alicyclic amines) is 1. The summed E-state index contributed by atoms with van der Waals surface area (Å²) in [4.78, 5) is 14.7. The van der Waals surface area contributed by atoms with Crippen molar-refractivity contribution in [3.63, 3.8) is 0 Å². The van der Waals surface area contributed by atoms with Crippen LogP contribution in [0.15, 0.2) is 30.3 Å². The molecule has 1 fully saturated rings. The number of amides is 1. The molecule has 0 radical (unpaired) electrons. The molecule has 0 bridgehead atoms. The average molecular weight is 317 g/mol. The fourth-order valence-corrected chi connectivity index (χ4v) is 3.21. The number of nitrogens with one attached hydrogen (secondary N) is 1. The van der Waals surface area contributed by atoms with Crippen LogP contribution in [0.3, 0.4) is 0 Å². The van der Waals surface area contributed by atoms with E-state index in [1.807, 2.05) is 6.92 Å². The molecule has 0 aromatic heterocycles. The summed E-state index contributed by atoms with van der Waals surface area (Å²) in [6, 6.07) is 10.3. The second-order valence-electron chi connectivity index (χ2n) is 6.98. The van der Waals surface area contributed by atoms with Crippen LogP contribution in [0.2, 0.25) is 0 Å². The van der Waals surface area contributed by atoms with Gasteiger partial charge in [-0.05, 0) is 37.3 Å². The van der Waals surface area contributed by atoms with Crippen LogP contribution in [0, 0.1) is 11.8 Å². The van der Waals surface area contributed by atoms with Crippen LogP contribution in [0.1, 0.15) is 39.2 Å². The number of hydrogen-bond donors (Lipinski definition) is 2. The highest BCUT2D eigenvalue weighted by Gasteiger charge is 2.29. The maximum atomic E-state index is 12.2. The Morgan fingerprint density at radius 2 is 2.04 bits per heavy atom. The van der Waals surface area contributed by atoms with Gasteiger partial charge in [-0.15, -0.1) is 0 Å². The molecule has 0 aliphatic carbocycles. The predicted molar refractivity (Wildman–Crippen MR) is 94.9 cm³/mol. The van der Waals surface area contributed by atoms with E-state index in [-0.39, 0.29) is 17.9 Å². The van der Waals surface area contributed by atoms with Crippen molar-refractivity contribution in [2.24, 2.45) is 17.6 Å². The zero-order valence-corrected chi connectivity index (χ0v) is 14.7. The van der Waals surface area contributed by atoms with Crippen LogP contribution in [0.4, 0.5) is 0 Å². The van der Waals surface area contributed by atoms with Gasteiger partial charge in [0.05, 0.1) is 6.04 Å². The minimum absolute atomic E-state index is 0.00615. The van der Waals surface area contributed by atoms with E-state index in [1.54, 1.807) is 0 Å². The third-order valence-electron chi connectivity index (χ3n) is 5.19. The van der Waals surface area contributed by atoms with E-state index in [2.05, 4.69) is 54.4 Å². The Morgan fingerprint density at radius 1 is 1.35 bits per heavy atom. The number of carbonyl (C=O) groups excluding carboxylic acids is 1. The number of nitrogens with zero attached hydrogens (tertiary/aromatic N) is 1. The van der Waals surface area contributed by atoms with Gasteiger partial charge in [-0.1, -0.05) is 50.6 Å². The smallest absolute Gasteiger partial charge is 0.237 e. The molecule has 0 spiro atoms. The average Bonchev–Trinajstić information content (AvgIpc) is 3.02. The fourth-order valence-electron chi connectivity index (χ4n) is 3.21. The van der Waals surface area contributed by atoms with Crippen molar-refractivity contribution in [1.82, 2.24) is 10.2 Å². The molecular weight excluding hydrogens is 286 g/mol. The molecule has 4 heteroatoms. The molecule has 4 nitrogen and oxygen atoms in total. The highest BCUT2D eigenvalue weighted by atomic mass is 16.2. The number of nitrogens with two attached hydrogens (primary N) is 1. The summed E-state index contributed by atoms with van der Waals surface area (Å²) in [6.07, 6.45) is 2.06. The van der Waals surface area contributed by atoms with Gasteiger partial charge in [0.25, 0.3) is 0 Å². The van der Waals surface area contributed by atoms with Crippen LogP contribution in [-0.2, 0) is 11.3 Å². The van der Waals surface area contributed by atoms with Gasteiger partial charge in [0.1, 0.15) is 0 Å². The lowest BCUT2D eigenvalue weighted by molar-refractivity contribution is -0.124. The van der Waals surface area contributed by atoms with Gasteiger partial charge >= 0.3 is 0 Å². The Hall–Kier alpha value is -1.39. The molecule has 4 unspecified atom stereocenters. The number of rotatable bonds is 7. The van der Waals surface area contributed by atoms with E-state index < -0.39 is 6.04 Å². The summed E-state index contributed by atoms with van der Waals surface area (Å²) in [6.45, 7) is 9.33. The standard InChI is InChI=1S/C19H31N3O/c1-4-14(2)18(20)19(23)21-15(3)17-10-11-22(13-17)12-16-8-6-5-7-9-16/h5-9,14-15,17-18H,4,10-13,20H2,1-3H3,(H,21,23). The minimum atomic E-state index is -0.399. The van der Waals surface area contributed by atoms with Gasteiger partial charge in [0, 0.05) is 19.1 Å². The summed E-state index contributed by atoms with van der Waals surface area (Å²) < 4.78 is 0. The van der Waals surface area contributed by atoms with E-state index in [4.69, 9.17) is 5.73 Å². The summed E-state index contributed by atoms with van der Waals surface area (Å²) in [5.41, 5.74) is 7.38. The van der Waals surface area contributed by atoms with Gasteiger partial charge in [-0.2, -0.15) is 0 Å².